The minimum absolute atomic E-state index is 0.253. The van der Waals surface area contributed by atoms with Crippen LogP contribution in [0.4, 0.5) is 5.82 Å². The van der Waals surface area contributed by atoms with Crippen molar-refractivity contribution in [2.24, 2.45) is 0 Å². The zero-order valence-corrected chi connectivity index (χ0v) is 16.8. The normalized spacial score (nSPS) is 14.8. The van der Waals surface area contributed by atoms with Gasteiger partial charge in [-0.1, -0.05) is 24.3 Å². The summed E-state index contributed by atoms with van der Waals surface area (Å²) in [5.74, 6) is 1.68. The molecule has 3 heterocycles. The van der Waals surface area contributed by atoms with Crippen LogP contribution >= 0.6 is 0 Å². The van der Waals surface area contributed by atoms with Crippen molar-refractivity contribution in [3.63, 3.8) is 0 Å². The molecule has 1 aliphatic rings. The highest BCUT2D eigenvalue weighted by molar-refractivity contribution is 5.93. The number of pyridine rings is 1. The van der Waals surface area contributed by atoms with Gasteiger partial charge in [-0.3, -0.25) is 4.79 Å². The molecular weight excluding hydrogens is 366 g/mol. The highest BCUT2D eigenvalue weighted by atomic mass is 16.4. The number of aromatic nitrogens is 2. The Bertz CT molecular complexity index is 961. The van der Waals surface area contributed by atoms with Crippen molar-refractivity contribution in [1.29, 1.82) is 0 Å². The van der Waals surface area contributed by atoms with Crippen LogP contribution in [0.3, 0.4) is 0 Å². The molecule has 7 heteroatoms. The fourth-order valence-corrected chi connectivity index (χ4v) is 3.32. The zero-order valence-electron chi connectivity index (χ0n) is 16.8. The molecule has 2 aromatic heterocycles. The summed E-state index contributed by atoms with van der Waals surface area (Å²) in [6, 6.07) is 13.6. The van der Waals surface area contributed by atoms with E-state index in [1.807, 2.05) is 48.7 Å². The second-order valence-electron chi connectivity index (χ2n) is 7.29. The fourth-order valence-electron chi connectivity index (χ4n) is 3.32. The number of oxazole rings is 1. The molecule has 1 aromatic carbocycles. The first kappa shape index (κ1) is 19.1. The summed E-state index contributed by atoms with van der Waals surface area (Å²) in [5, 5.41) is 2.90. The van der Waals surface area contributed by atoms with E-state index in [9.17, 15) is 4.79 Å². The third-order valence-corrected chi connectivity index (χ3v) is 5.12. The molecule has 29 heavy (non-hydrogen) atoms. The second-order valence-corrected chi connectivity index (χ2v) is 7.29. The van der Waals surface area contributed by atoms with Crippen LogP contribution in [0, 0.1) is 6.92 Å². The van der Waals surface area contributed by atoms with Gasteiger partial charge in [0.1, 0.15) is 11.6 Å². The van der Waals surface area contributed by atoms with Gasteiger partial charge in [0.2, 0.25) is 5.89 Å². The zero-order chi connectivity index (χ0) is 20.2. The minimum atomic E-state index is -0.253. The molecule has 150 valence electrons. The first-order valence-corrected chi connectivity index (χ1v) is 9.79. The number of nitrogens with zero attached hydrogens (tertiary/aromatic N) is 4. The monoisotopic (exact) mass is 391 g/mol. The molecule has 1 saturated heterocycles. The highest BCUT2D eigenvalue weighted by Crippen LogP contribution is 2.21. The molecule has 1 aliphatic heterocycles. The molecule has 4 rings (SSSR count). The van der Waals surface area contributed by atoms with Crippen LogP contribution in [0.25, 0.3) is 11.5 Å². The number of anilines is 1. The molecule has 1 N–H and O–H groups in total. The van der Waals surface area contributed by atoms with Gasteiger partial charge in [0.05, 0.1) is 0 Å². The van der Waals surface area contributed by atoms with Crippen LogP contribution in [-0.2, 0) is 6.54 Å². The van der Waals surface area contributed by atoms with Gasteiger partial charge in [-0.25, -0.2) is 9.97 Å². The Labute approximate surface area is 170 Å². The standard InChI is InChI=1S/C22H25N5O2/c1-16-20(25-22(29-16)18-6-4-3-5-7-18)21(28)24-15-17-8-9-19(23-14-17)27-12-10-26(2)11-13-27/h3-9,14H,10-13,15H2,1-2H3,(H,24,28). The number of amides is 1. The van der Waals surface area contributed by atoms with E-state index in [1.54, 1.807) is 6.92 Å². The number of hydrogen-bond acceptors (Lipinski definition) is 6. The fraction of sp³-hybridized carbons (Fsp3) is 0.318. The molecule has 1 amide bonds. The molecule has 0 unspecified atom stereocenters. The Kier molecular flexibility index (Phi) is 5.57. The summed E-state index contributed by atoms with van der Waals surface area (Å²) >= 11 is 0. The summed E-state index contributed by atoms with van der Waals surface area (Å²) in [7, 11) is 2.13. The van der Waals surface area contributed by atoms with E-state index in [0.717, 1.165) is 43.1 Å². The summed E-state index contributed by atoms with van der Waals surface area (Å²) in [6.07, 6.45) is 1.82. The van der Waals surface area contributed by atoms with E-state index in [0.29, 0.717) is 23.9 Å². The molecule has 0 bridgehead atoms. The van der Waals surface area contributed by atoms with Crippen LogP contribution in [-0.4, -0.2) is 54.0 Å². The molecule has 0 spiro atoms. The summed E-state index contributed by atoms with van der Waals surface area (Å²) in [6.45, 7) is 6.19. The number of piperazine rings is 1. The number of benzene rings is 1. The summed E-state index contributed by atoms with van der Waals surface area (Å²) in [5.41, 5.74) is 2.10. The van der Waals surface area contributed by atoms with E-state index in [2.05, 4.69) is 32.1 Å². The molecule has 0 saturated carbocycles. The Hall–Kier alpha value is -3.19. The highest BCUT2D eigenvalue weighted by Gasteiger charge is 2.18. The Morgan fingerprint density at radius 1 is 1.10 bits per heavy atom. The van der Waals surface area contributed by atoms with E-state index in [-0.39, 0.29) is 5.91 Å². The SMILES string of the molecule is Cc1oc(-c2ccccc2)nc1C(=O)NCc1ccc(N2CCN(C)CC2)nc1. The Morgan fingerprint density at radius 2 is 1.86 bits per heavy atom. The van der Waals surface area contributed by atoms with E-state index in [4.69, 9.17) is 4.42 Å². The van der Waals surface area contributed by atoms with Crippen molar-refractivity contribution in [3.8, 4) is 11.5 Å². The molecule has 0 radical (unpaired) electrons. The van der Waals surface area contributed by atoms with Crippen molar-refractivity contribution in [2.75, 3.05) is 38.1 Å². The predicted molar refractivity (Wildman–Crippen MR) is 112 cm³/mol. The topological polar surface area (TPSA) is 74.5 Å². The van der Waals surface area contributed by atoms with Gasteiger partial charge in [-0.15, -0.1) is 0 Å². The number of rotatable bonds is 5. The number of aryl methyl sites for hydroxylation is 1. The lowest BCUT2D eigenvalue weighted by atomic mass is 10.2. The number of carbonyl (C=O) groups is 1. The lowest BCUT2D eigenvalue weighted by Crippen LogP contribution is -2.44. The van der Waals surface area contributed by atoms with Crippen LogP contribution in [0.15, 0.2) is 53.1 Å². The maximum absolute atomic E-state index is 12.6. The lowest BCUT2D eigenvalue weighted by molar-refractivity contribution is 0.0945. The van der Waals surface area contributed by atoms with Crippen molar-refractivity contribution in [1.82, 2.24) is 20.2 Å². The van der Waals surface area contributed by atoms with Gasteiger partial charge in [0, 0.05) is 44.5 Å². The van der Waals surface area contributed by atoms with Crippen LogP contribution < -0.4 is 10.2 Å². The average molecular weight is 391 g/mol. The van der Waals surface area contributed by atoms with Crippen molar-refractivity contribution in [2.45, 2.75) is 13.5 Å². The summed E-state index contributed by atoms with van der Waals surface area (Å²) in [4.78, 5) is 26.1. The average Bonchev–Trinajstić information content (AvgIpc) is 3.15. The largest absolute Gasteiger partial charge is 0.441 e. The predicted octanol–water partition coefficient (Wildman–Crippen LogP) is 2.73. The van der Waals surface area contributed by atoms with E-state index < -0.39 is 0 Å². The lowest BCUT2D eigenvalue weighted by Gasteiger charge is -2.33. The molecule has 3 aromatic rings. The van der Waals surface area contributed by atoms with E-state index in [1.165, 1.54) is 0 Å². The van der Waals surface area contributed by atoms with Crippen molar-refractivity contribution < 1.29 is 9.21 Å². The first-order chi connectivity index (χ1) is 14.1. The molecule has 7 nitrogen and oxygen atoms in total. The quantitative estimate of drug-likeness (QED) is 0.721. The molecule has 1 fully saturated rings. The van der Waals surface area contributed by atoms with Crippen molar-refractivity contribution in [3.05, 3.63) is 65.7 Å². The Morgan fingerprint density at radius 3 is 2.55 bits per heavy atom. The van der Waals surface area contributed by atoms with Gasteiger partial charge < -0.3 is 19.5 Å². The van der Waals surface area contributed by atoms with Gasteiger partial charge in [-0.05, 0) is 37.7 Å². The maximum atomic E-state index is 12.6. The summed E-state index contributed by atoms with van der Waals surface area (Å²) < 4.78 is 5.67. The van der Waals surface area contributed by atoms with E-state index >= 15 is 0 Å². The van der Waals surface area contributed by atoms with Gasteiger partial charge >= 0.3 is 0 Å². The smallest absolute Gasteiger partial charge is 0.273 e. The third-order valence-electron chi connectivity index (χ3n) is 5.12. The molecule has 0 aliphatic carbocycles. The third kappa shape index (κ3) is 4.46. The number of carbonyl (C=O) groups excluding carboxylic acids is 1. The van der Waals surface area contributed by atoms with Gasteiger partial charge in [-0.2, -0.15) is 0 Å². The minimum Gasteiger partial charge on any atom is -0.441 e. The number of hydrogen-bond donors (Lipinski definition) is 1. The number of nitrogens with one attached hydrogen (secondary N) is 1. The second kappa shape index (κ2) is 8.45. The Balaban J connectivity index is 1.37. The van der Waals surface area contributed by atoms with Gasteiger partial charge in [0.25, 0.3) is 5.91 Å². The molecular formula is C22H25N5O2. The number of likely N-dealkylation sites (N-methyl/N-ethyl adjacent to an activating group) is 1. The molecule has 0 atom stereocenters. The van der Waals surface area contributed by atoms with Crippen LogP contribution in [0.5, 0.6) is 0 Å². The van der Waals surface area contributed by atoms with Crippen LogP contribution in [0.2, 0.25) is 0 Å². The van der Waals surface area contributed by atoms with Crippen LogP contribution in [0.1, 0.15) is 21.8 Å². The van der Waals surface area contributed by atoms with Gasteiger partial charge in [0.15, 0.2) is 5.69 Å². The van der Waals surface area contributed by atoms with Crippen molar-refractivity contribution >= 4 is 11.7 Å². The first-order valence-electron chi connectivity index (χ1n) is 9.79. The maximum Gasteiger partial charge on any atom is 0.273 e.